The number of hydrogen-bond donors (Lipinski definition) is 1. The summed E-state index contributed by atoms with van der Waals surface area (Å²) >= 11 is 0. The Morgan fingerprint density at radius 3 is 2.84 bits per heavy atom. The lowest BCUT2D eigenvalue weighted by atomic mass is 10.2. The zero-order valence-electron chi connectivity index (χ0n) is 13.2. The van der Waals surface area contributed by atoms with Gasteiger partial charge in [-0.05, 0) is 24.3 Å². The molecule has 3 aromatic heterocycles. The molecule has 0 bridgehead atoms. The van der Waals surface area contributed by atoms with E-state index in [1.54, 1.807) is 49.7 Å². The highest BCUT2D eigenvalue weighted by Crippen LogP contribution is 2.22. The SMILES string of the molecule is COc1ccc(-c2cc(N)n(C(=O)c3ccc4ncoc4c3)n2)cn1. The Labute approximate surface area is 141 Å². The van der Waals surface area contributed by atoms with Crippen molar-refractivity contribution in [1.82, 2.24) is 19.7 Å². The van der Waals surface area contributed by atoms with E-state index in [1.807, 2.05) is 0 Å². The summed E-state index contributed by atoms with van der Waals surface area (Å²) in [6, 6.07) is 10.1. The maximum Gasteiger partial charge on any atom is 0.280 e. The molecule has 2 N–H and O–H groups in total. The van der Waals surface area contributed by atoms with Crippen molar-refractivity contribution in [3.63, 3.8) is 0 Å². The molecule has 0 unspecified atom stereocenters. The molecule has 4 rings (SSSR count). The predicted octanol–water partition coefficient (Wildman–Crippen LogP) is 2.37. The van der Waals surface area contributed by atoms with E-state index in [0.717, 1.165) is 10.2 Å². The van der Waals surface area contributed by atoms with Crippen LogP contribution in [-0.2, 0) is 0 Å². The Bertz CT molecular complexity index is 1070. The monoisotopic (exact) mass is 335 g/mol. The number of fused-ring (bicyclic) bond motifs is 1. The zero-order chi connectivity index (χ0) is 17.4. The molecule has 0 aliphatic heterocycles. The van der Waals surface area contributed by atoms with Crippen molar-refractivity contribution in [2.24, 2.45) is 0 Å². The summed E-state index contributed by atoms with van der Waals surface area (Å²) in [5, 5.41) is 4.29. The molecule has 124 valence electrons. The summed E-state index contributed by atoms with van der Waals surface area (Å²) < 4.78 is 11.4. The Balaban J connectivity index is 1.70. The summed E-state index contributed by atoms with van der Waals surface area (Å²) in [7, 11) is 1.54. The highest BCUT2D eigenvalue weighted by Gasteiger charge is 2.16. The number of benzene rings is 1. The van der Waals surface area contributed by atoms with E-state index in [4.69, 9.17) is 14.9 Å². The minimum atomic E-state index is -0.358. The molecule has 3 heterocycles. The number of oxazole rings is 1. The number of nitrogens with zero attached hydrogens (tertiary/aromatic N) is 4. The van der Waals surface area contributed by atoms with E-state index in [2.05, 4.69) is 15.1 Å². The van der Waals surface area contributed by atoms with Gasteiger partial charge in [-0.3, -0.25) is 4.79 Å². The first-order valence-electron chi connectivity index (χ1n) is 7.39. The normalized spacial score (nSPS) is 10.9. The van der Waals surface area contributed by atoms with Crippen molar-refractivity contribution < 1.29 is 13.9 Å². The van der Waals surface area contributed by atoms with Crippen LogP contribution in [0.2, 0.25) is 0 Å². The third kappa shape index (κ3) is 2.59. The first-order chi connectivity index (χ1) is 12.2. The van der Waals surface area contributed by atoms with Crippen molar-refractivity contribution >= 4 is 22.8 Å². The lowest BCUT2D eigenvalue weighted by Crippen LogP contribution is -2.16. The average molecular weight is 335 g/mol. The number of nitrogen functional groups attached to an aromatic ring is 1. The summed E-state index contributed by atoms with van der Waals surface area (Å²) in [5.41, 5.74) is 8.84. The number of carbonyl (C=O) groups is 1. The van der Waals surface area contributed by atoms with Gasteiger partial charge in [-0.2, -0.15) is 9.78 Å². The Morgan fingerprint density at radius 1 is 1.20 bits per heavy atom. The van der Waals surface area contributed by atoms with E-state index in [1.165, 1.54) is 6.39 Å². The average Bonchev–Trinajstić information content (AvgIpc) is 3.27. The number of rotatable bonds is 3. The Morgan fingerprint density at radius 2 is 2.08 bits per heavy atom. The number of aromatic nitrogens is 4. The van der Waals surface area contributed by atoms with Gasteiger partial charge in [0.2, 0.25) is 5.88 Å². The van der Waals surface area contributed by atoms with Crippen molar-refractivity contribution in [3.8, 4) is 17.1 Å². The first-order valence-corrected chi connectivity index (χ1v) is 7.39. The molecule has 1 aromatic carbocycles. The van der Waals surface area contributed by atoms with E-state index >= 15 is 0 Å². The van der Waals surface area contributed by atoms with Gasteiger partial charge >= 0.3 is 0 Å². The molecule has 0 aliphatic carbocycles. The van der Waals surface area contributed by atoms with Crippen LogP contribution in [0.5, 0.6) is 5.88 Å². The fraction of sp³-hybridized carbons (Fsp3) is 0.0588. The minimum absolute atomic E-state index is 0.230. The topological polar surface area (TPSA) is 109 Å². The molecular weight excluding hydrogens is 322 g/mol. The van der Waals surface area contributed by atoms with Crippen LogP contribution in [-0.4, -0.2) is 32.8 Å². The van der Waals surface area contributed by atoms with Crippen LogP contribution in [0.15, 0.2) is 53.4 Å². The molecule has 4 aromatic rings. The third-order valence-corrected chi connectivity index (χ3v) is 3.75. The molecule has 0 amide bonds. The number of hydrogen-bond acceptors (Lipinski definition) is 7. The van der Waals surface area contributed by atoms with Crippen LogP contribution in [0.1, 0.15) is 10.4 Å². The van der Waals surface area contributed by atoms with Crippen LogP contribution in [0.3, 0.4) is 0 Å². The number of carbonyl (C=O) groups excluding carboxylic acids is 1. The molecule has 0 aliphatic rings. The second kappa shape index (κ2) is 5.75. The molecule has 8 heteroatoms. The van der Waals surface area contributed by atoms with Gasteiger partial charge in [0.1, 0.15) is 11.3 Å². The van der Waals surface area contributed by atoms with E-state index in [9.17, 15) is 4.79 Å². The quantitative estimate of drug-likeness (QED) is 0.612. The molecule has 0 saturated carbocycles. The largest absolute Gasteiger partial charge is 0.481 e. The maximum absolute atomic E-state index is 12.7. The summed E-state index contributed by atoms with van der Waals surface area (Å²) in [5.74, 6) is 0.365. The molecule has 0 atom stereocenters. The van der Waals surface area contributed by atoms with Crippen molar-refractivity contribution in [1.29, 1.82) is 0 Å². The van der Waals surface area contributed by atoms with Crippen molar-refractivity contribution in [3.05, 3.63) is 54.6 Å². The second-order valence-electron chi connectivity index (χ2n) is 5.30. The molecule has 0 saturated heterocycles. The van der Waals surface area contributed by atoms with E-state index in [0.29, 0.717) is 28.2 Å². The van der Waals surface area contributed by atoms with Gasteiger partial charge in [-0.15, -0.1) is 0 Å². The molecule has 0 spiro atoms. The van der Waals surface area contributed by atoms with Crippen molar-refractivity contribution in [2.45, 2.75) is 0 Å². The van der Waals surface area contributed by atoms with Crippen LogP contribution >= 0.6 is 0 Å². The molecule has 8 nitrogen and oxygen atoms in total. The number of anilines is 1. The standard InChI is InChI=1S/C17H13N5O3/c1-24-16-5-3-11(8-19-16)13-7-15(18)22(21-13)17(23)10-2-4-12-14(6-10)25-9-20-12/h2-9H,18H2,1H3. The lowest BCUT2D eigenvalue weighted by Gasteiger charge is -2.02. The van der Waals surface area contributed by atoms with Gasteiger partial charge in [0.05, 0.1) is 12.8 Å². The summed E-state index contributed by atoms with van der Waals surface area (Å²) in [6.07, 6.45) is 2.94. The highest BCUT2D eigenvalue weighted by molar-refractivity contribution is 5.99. The fourth-order valence-corrected chi connectivity index (χ4v) is 2.46. The first kappa shape index (κ1) is 14.9. The lowest BCUT2D eigenvalue weighted by molar-refractivity contribution is 0.0948. The molecule has 0 fully saturated rings. The number of methoxy groups -OCH3 is 1. The van der Waals surface area contributed by atoms with Gasteiger partial charge in [-0.1, -0.05) is 0 Å². The third-order valence-electron chi connectivity index (χ3n) is 3.75. The van der Waals surface area contributed by atoms with Crippen molar-refractivity contribution in [2.75, 3.05) is 12.8 Å². The zero-order valence-corrected chi connectivity index (χ0v) is 13.2. The number of ether oxygens (including phenoxy) is 1. The number of nitrogens with two attached hydrogens (primary N) is 1. The molecule has 0 radical (unpaired) electrons. The van der Waals surface area contributed by atoms with Gasteiger partial charge in [-0.25, -0.2) is 9.97 Å². The van der Waals surface area contributed by atoms with Crippen LogP contribution < -0.4 is 10.5 Å². The molecular formula is C17H13N5O3. The minimum Gasteiger partial charge on any atom is -0.481 e. The predicted molar refractivity (Wildman–Crippen MR) is 90.2 cm³/mol. The van der Waals surface area contributed by atoms with Crippen LogP contribution in [0.25, 0.3) is 22.4 Å². The number of pyridine rings is 1. The Kier molecular flexibility index (Phi) is 3.42. The van der Waals surface area contributed by atoms with Gasteiger partial charge in [0.15, 0.2) is 12.0 Å². The van der Waals surface area contributed by atoms with Gasteiger partial charge < -0.3 is 14.9 Å². The smallest absolute Gasteiger partial charge is 0.280 e. The van der Waals surface area contributed by atoms with E-state index < -0.39 is 0 Å². The summed E-state index contributed by atoms with van der Waals surface area (Å²) in [6.45, 7) is 0. The highest BCUT2D eigenvalue weighted by atomic mass is 16.5. The fourth-order valence-electron chi connectivity index (χ4n) is 2.46. The van der Waals surface area contributed by atoms with Crippen LogP contribution in [0.4, 0.5) is 5.82 Å². The Hall–Kier alpha value is -3.68. The maximum atomic E-state index is 12.7. The van der Waals surface area contributed by atoms with Crippen LogP contribution in [0, 0.1) is 0 Å². The second-order valence-corrected chi connectivity index (χ2v) is 5.30. The van der Waals surface area contributed by atoms with Gasteiger partial charge in [0.25, 0.3) is 5.91 Å². The summed E-state index contributed by atoms with van der Waals surface area (Å²) in [4.78, 5) is 20.9. The van der Waals surface area contributed by atoms with Gasteiger partial charge in [0, 0.05) is 29.5 Å². The van der Waals surface area contributed by atoms with E-state index in [-0.39, 0.29) is 11.7 Å². The molecule has 25 heavy (non-hydrogen) atoms.